The molecule has 4 heteroatoms. The maximum Gasteiger partial charge on any atom is 0.192 e. The van der Waals surface area contributed by atoms with Crippen molar-refractivity contribution in [3.05, 3.63) is 29.6 Å². The summed E-state index contributed by atoms with van der Waals surface area (Å²) in [6, 6.07) is 3.87. The van der Waals surface area contributed by atoms with E-state index in [1.54, 1.807) is 20.0 Å². The smallest absolute Gasteiger partial charge is 0.192 e. The number of nitrogens with zero attached hydrogens (tertiary/aromatic N) is 1. The summed E-state index contributed by atoms with van der Waals surface area (Å²) in [4.78, 5) is 4.21. The molecule has 1 rings (SSSR count). The molecule has 1 aromatic rings. The van der Waals surface area contributed by atoms with Crippen molar-refractivity contribution < 1.29 is 9.53 Å². The average Bonchev–Trinajstić information content (AvgIpc) is 2.24. The van der Waals surface area contributed by atoms with E-state index >= 15 is 0 Å². The Kier molecular flexibility index (Phi) is 4.60. The predicted octanol–water partition coefficient (Wildman–Crippen LogP) is 3.83. The minimum absolute atomic E-state index is 0.207. The molecule has 0 amide bonds. The minimum atomic E-state index is -1.73. The molecule has 0 aliphatic heterocycles. The average molecular weight is 281 g/mol. The summed E-state index contributed by atoms with van der Waals surface area (Å²) < 4.78 is 6.18. The highest BCUT2D eigenvalue weighted by Crippen LogP contribution is 2.37. The van der Waals surface area contributed by atoms with Gasteiger partial charge in [0.25, 0.3) is 0 Å². The summed E-state index contributed by atoms with van der Waals surface area (Å²) in [5.41, 5.74) is 0.841. The zero-order valence-electron chi connectivity index (χ0n) is 13.2. The van der Waals surface area contributed by atoms with Crippen molar-refractivity contribution in [2.75, 3.05) is 0 Å². The van der Waals surface area contributed by atoms with Gasteiger partial charge in [-0.1, -0.05) is 20.8 Å². The molecule has 0 spiro atoms. The molecule has 0 radical (unpaired) electrons. The molecule has 0 atom stereocenters. The van der Waals surface area contributed by atoms with E-state index in [9.17, 15) is 5.11 Å². The molecule has 1 heterocycles. The van der Waals surface area contributed by atoms with Crippen LogP contribution in [0.5, 0.6) is 0 Å². The van der Waals surface area contributed by atoms with Gasteiger partial charge in [-0.15, -0.1) is 0 Å². The molecule has 0 saturated heterocycles. The molecule has 3 nitrogen and oxygen atoms in total. The van der Waals surface area contributed by atoms with E-state index in [-0.39, 0.29) is 5.04 Å². The maximum atomic E-state index is 9.98. The third-order valence-electron chi connectivity index (χ3n) is 3.86. The van der Waals surface area contributed by atoms with Gasteiger partial charge in [0.1, 0.15) is 5.60 Å². The minimum Gasteiger partial charge on any atom is -0.413 e. The fourth-order valence-corrected chi connectivity index (χ4v) is 2.34. The Morgan fingerprint density at radius 1 is 1.21 bits per heavy atom. The highest BCUT2D eigenvalue weighted by molar-refractivity contribution is 6.74. The van der Waals surface area contributed by atoms with E-state index < -0.39 is 13.9 Å². The van der Waals surface area contributed by atoms with Crippen LogP contribution in [0.2, 0.25) is 18.1 Å². The second-order valence-electron chi connectivity index (χ2n) is 7.16. The fourth-order valence-electron chi connectivity index (χ4n) is 1.38. The van der Waals surface area contributed by atoms with Crippen LogP contribution in [0, 0.1) is 0 Å². The van der Waals surface area contributed by atoms with Crippen molar-refractivity contribution in [3.8, 4) is 0 Å². The van der Waals surface area contributed by atoms with Crippen molar-refractivity contribution >= 4 is 8.32 Å². The van der Waals surface area contributed by atoms with E-state index in [4.69, 9.17) is 4.43 Å². The predicted molar refractivity (Wildman–Crippen MR) is 81.5 cm³/mol. The first kappa shape index (κ1) is 16.3. The fraction of sp³-hybridized carbons (Fsp3) is 0.667. The van der Waals surface area contributed by atoms with Gasteiger partial charge in [0.05, 0.1) is 12.3 Å². The number of hydrogen-bond acceptors (Lipinski definition) is 3. The van der Waals surface area contributed by atoms with Crippen LogP contribution in [0.25, 0.3) is 0 Å². The van der Waals surface area contributed by atoms with Crippen molar-refractivity contribution in [3.63, 3.8) is 0 Å². The van der Waals surface area contributed by atoms with Crippen LogP contribution in [0.15, 0.2) is 18.3 Å². The van der Waals surface area contributed by atoms with Crippen LogP contribution in [0.4, 0.5) is 0 Å². The third kappa shape index (κ3) is 4.40. The van der Waals surface area contributed by atoms with Crippen LogP contribution in [0.1, 0.15) is 45.9 Å². The van der Waals surface area contributed by atoms with Gasteiger partial charge in [0.15, 0.2) is 8.32 Å². The molecule has 0 aliphatic rings. The second kappa shape index (κ2) is 5.35. The highest BCUT2D eigenvalue weighted by atomic mass is 28.4. The van der Waals surface area contributed by atoms with Crippen LogP contribution < -0.4 is 0 Å². The lowest BCUT2D eigenvalue weighted by molar-refractivity contribution is 0.0736. The lowest BCUT2D eigenvalue weighted by Gasteiger charge is -2.36. The molecular weight excluding hydrogens is 254 g/mol. The first-order valence-corrected chi connectivity index (χ1v) is 9.66. The van der Waals surface area contributed by atoms with Gasteiger partial charge >= 0.3 is 0 Å². The lowest BCUT2D eigenvalue weighted by atomic mass is 10.0. The summed E-state index contributed by atoms with van der Waals surface area (Å²) in [6.07, 6.45) is 1.73. The molecule has 0 aromatic carbocycles. The summed E-state index contributed by atoms with van der Waals surface area (Å²) in [5, 5.41) is 10.2. The highest BCUT2D eigenvalue weighted by Gasteiger charge is 2.37. The topological polar surface area (TPSA) is 42.4 Å². The quantitative estimate of drug-likeness (QED) is 0.853. The Morgan fingerprint density at radius 3 is 2.26 bits per heavy atom. The van der Waals surface area contributed by atoms with Crippen LogP contribution in [-0.2, 0) is 16.6 Å². The Morgan fingerprint density at radius 2 is 1.79 bits per heavy atom. The number of rotatable bonds is 4. The van der Waals surface area contributed by atoms with E-state index in [1.165, 1.54) is 0 Å². The molecule has 0 bridgehead atoms. The van der Waals surface area contributed by atoms with Gasteiger partial charge in [-0.25, -0.2) is 0 Å². The molecule has 1 aromatic heterocycles. The van der Waals surface area contributed by atoms with Crippen molar-refractivity contribution in [1.29, 1.82) is 0 Å². The Balaban J connectivity index is 2.80. The van der Waals surface area contributed by atoms with Gasteiger partial charge in [-0.2, -0.15) is 0 Å². The summed E-state index contributed by atoms with van der Waals surface area (Å²) in [7, 11) is -1.73. The molecular formula is C15H27NO2Si. The zero-order valence-corrected chi connectivity index (χ0v) is 14.2. The van der Waals surface area contributed by atoms with E-state index in [1.807, 2.05) is 12.1 Å². The first-order chi connectivity index (χ1) is 8.43. The monoisotopic (exact) mass is 281 g/mol. The van der Waals surface area contributed by atoms with E-state index in [2.05, 4.69) is 38.8 Å². The number of aromatic nitrogens is 1. The van der Waals surface area contributed by atoms with E-state index in [0.29, 0.717) is 12.3 Å². The van der Waals surface area contributed by atoms with Gasteiger partial charge < -0.3 is 9.53 Å². The maximum absolute atomic E-state index is 9.98. The number of hydrogen-bond donors (Lipinski definition) is 1. The van der Waals surface area contributed by atoms with Crippen LogP contribution in [0.3, 0.4) is 0 Å². The van der Waals surface area contributed by atoms with Crippen LogP contribution >= 0.6 is 0 Å². The summed E-state index contributed by atoms with van der Waals surface area (Å²) >= 11 is 0. The second-order valence-corrected chi connectivity index (χ2v) is 12.0. The summed E-state index contributed by atoms with van der Waals surface area (Å²) in [6.45, 7) is 15.2. The Labute approximate surface area is 118 Å². The third-order valence-corrected chi connectivity index (χ3v) is 8.34. The normalized spacial score (nSPS) is 13.7. The van der Waals surface area contributed by atoms with Gasteiger partial charge in [0, 0.05) is 6.20 Å². The molecule has 1 N–H and O–H groups in total. The van der Waals surface area contributed by atoms with Gasteiger partial charge in [-0.3, -0.25) is 4.98 Å². The van der Waals surface area contributed by atoms with Crippen LogP contribution in [-0.4, -0.2) is 18.4 Å². The van der Waals surface area contributed by atoms with Crippen molar-refractivity contribution in [2.45, 2.75) is 65.0 Å². The molecule has 0 fully saturated rings. The molecule has 0 unspecified atom stereocenters. The molecule has 0 saturated carbocycles. The van der Waals surface area contributed by atoms with Gasteiger partial charge in [0.2, 0.25) is 0 Å². The SMILES string of the molecule is CC(C)(O)c1cc(CO[Si](C)(C)C(C)(C)C)ccn1. The lowest BCUT2D eigenvalue weighted by Crippen LogP contribution is -2.40. The first-order valence-electron chi connectivity index (χ1n) is 6.75. The van der Waals surface area contributed by atoms with Crippen molar-refractivity contribution in [2.24, 2.45) is 0 Å². The standard InChI is InChI=1S/C15H27NO2Si/c1-14(2,3)19(6,7)18-11-12-8-9-16-13(10-12)15(4,5)17/h8-10,17H,11H2,1-7H3. The number of aliphatic hydroxyl groups is 1. The Hall–Kier alpha value is -0.713. The largest absolute Gasteiger partial charge is 0.413 e. The molecule has 108 valence electrons. The zero-order chi connectivity index (χ0) is 14.9. The molecule has 0 aliphatic carbocycles. The van der Waals surface area contributed by atoms with E-state index in [0.717, 1.165) is 5.56 Å². The number of pyridine rings is 1. The van der Waals surface area contributed by atoms with Gasteiger partial charge in [-0.05, 0) is 49.7 Å². The Bertz CT molecular complexity index is 431. The summed E-state index contributed by atoms with van der Waals surface area (Å²) in [5.74, 6) is 0. The van der Waals surface area contributed by atoms with Crippen molar-refractivity contribution in [1.82, 2.24) is 4.98 Å². The molecule has 19 heavy (non-hydrogen) atoms.